The molecule has 2 aromatic heterocycles. The number of nitrogens with one attached hydrogen (secondary N) is 1. The predicted molar refractivity (Wildman–Crippen MR) is 78.1 cm³/mol. The minimum Gasteiger partial charge on any atom is -0.394 e. The molecule has 5 N–H and O–H groups in total. The van der Waals surface area contributed by atoms with Gasteiger partial charge in [-0.25, -0.2) is 4.98 Å². The Bertz CT molecular complexity index is 809. The zero-order chi connectivity index (χ0) is 16.6. The van der Waals surface area contributed by atoms with Gasteiger partial charge < -0.3 is 25.4 Å². The Balaban J connectivity index is 2.05. The van der Waals surface area contributed by atoms with Crippen molar-refractivity contribution in [2.24, 2.45) is 0 Å². The van der Waals surface area contributed by atoms with E-state index in [1.807, 2.05) is 0 Å². The molecule has 23 heavy (non-hydrogen) atoms. The molecule has 0 aliphatic carbocycles. The number of H-pyrrole nitrogens is 1. The minimum atomic E-state index is -1.10. The van der Waals surface area contributed by atoms with Gasteiger partial charge in [-0.15, -0.1) is 6.42 Å². The number of nitrogen functional groups attached to an aromatic ring is 1. The van der Waals surface area contributed by atoms with Crippen LogP contribution in [0.15, 0.2) is 11.1 Å². The van der Waals surface area contributed by atoms with Crippen molar-refractivity contribution >= 4 is 17.1 Å². The first kappa shape index (κ1) is 15.4. The molecule has 3 rings (SSSR count). The fourth-order valence-corrected chi connectivity index (χ4v) is 2.55. The Morgan fingerprint density at radius 3 is 3.09 bits per heavy atom. The van der Waals surface area contributed by atoms with Crippen molar-refractivity contribution in [2.75, 3.05) is 18.9 Å². The van der Waals surface area contributed by atoms with Gasteiger partial charge in [0.05, 0.1) is 12.9 Å². The summed E-state index contributed by atoms with van der Waals surface area (Å²) in [5.74, 6) is 2.22. The van der Waals surface area contributed by atoms with Crippen molar-refractivity contribution < 1.29 is 19.7 Å². The lowest BCUT2D eigenvalue weighted by Gasteiger charge is -2.20. The van der Waals surface area contributed by atoms with Crippen LogP contribution in [-0.2, 0) is 9.47 Å². The van der Waals surface area contributed by atoms with Gasteiger partial charge in [0.1, 0.15) is 24.9 Å². The highest BCUT2D eigenvalue weighted by molar-refractivity contribution is 5.70. The second kappa shape index (κ2) is 5.98. The van der Waals surface area contributed by atoms with Crippen molar-refractivity contribution in [3.8, 4) is 12.3 Å². The number of aromatic amines is 1. The van der Waals surface area contributed by atoms with Crippen LogP contribution < -0.4 is 11.3 Å². The van der Waals surface area contributed by atoms with Gasteiger partial charge in [0.2, 0.25) is 5.95 Å². The molecule has 2 aromatic rings. The second-order valence-electron chi connectivity index (χ2n) is 4.99. The summed E-state index contributed by atoms with van der Waals surface area (Å²) in [4.78, 5) is 22.2. The lowest BCUT2D eigenvalue weighted by Crippen LogP contribution is -2.35. The summed E-state index contributed by atoms with van der Waals surface area (Å²) in [6.45, 7) is -0.459. The number of fused-ring (bicyclic) bond motifs is 1. The smallest absolute Gasteiger partial charge is 0.280 e. The molecule has 4 atom stereocenters. The van der Waals surface area contributed by atoms with E-state index in [1.54, 1.807) is 0 Å². The average Bonchev–Trinajstić information content (AvgIpc) is 3.06. The van der Waals surface area contributed by atoms with E-state index in [4.69, 9.17) is 21.6 Å². The van der Waals surface area contributed by atoms with Gasteiger partial charge in [-0.2, -0.15) is 4.98 Å². The fraction of sp³-hybridized carbons (Fsp3) is 0.462. The van der Waals surface area contributed by atoms with Crippen LogP contribution in [-0.4, -0.2) is 61.3 Å². The van der Waals surface area contributed by atoms with Crippen molar-refractivity contribution in [1.29, 1.82) is 0 Å². The number of imidazole rings is 1. The molecule has 10 nitrogen and oxygen atoms in total. The number of nitrogens with two attached hydrogens (primary N) is 1. The number of terminal acetylenes is 1. The van der Waals surface area contributed by atoms with Gasteiger partial charge in [-0.3, -0.25) is 14.3 Å². The summed E-state index contributed by atoms with van der Waals surface area (Å²) < 4.78 is 12.4. The predicted octanol–water partition coefficient (Wildman–Crippen LogP) is -2.03. The molecule has 0 unspecified atom stereocenters. The summed E-state index contributed by atoms with van der Waals surface area (Å²) >= 11 is 0. The number of aromatic nitrogens is 4. The topological polar surface area (TPSA) is 149 Å². The molecular formula is C13H15N5O5. The second-order valence-corrected chi connectivity index (χ2v) is 4.99. The molecule has 0 radical (unpaired) electrons. The van der Waals surface area contributed by atoms with Crippen LogP contribution in [0.1, 0.15) is 6.23 Å². The Morgan fingerprint density at radius 2 is 2.39 bits per heavy atom. The Labute approximate surface area is 129 Å². The van der Waals surface area contributed by atoms with Gasteiger partial charge in [0.25, 0.3) is 5.56 Å². The van der Waals surface area contributed by atoms with E-state index < -0.39 is 36.7 Å². The zero-order valence-corrected chi connectivity index (χ0v) is 11.9. The third kappa shape index (κ3) is 2.55. The lowest BCUT2D eigenvalue weighted by atomic mass is 10.1. The van der Waals surface area contributed by atoms with Crippen LogP contribution in [0.3, 0.4) is 0 Å². The first-order valence-electron chi connectivity index (χ1n) is 6.78. The highest BCUT2D eigenvalue weighted by Crippen LogP contribution is 2.33. The standard InChI is InChI=1S/C13H15N5O5/c1-2-3-22-9-8(20)6(4-19)23-12(9)18-5-15-7-10(18)16-13(14)17-11(7)21/h1,5-6,8-9,12,19-20H,3-4H2,(H3,14,16,17,21)/t6-,8-,9-,12-/m1/s1. The normalized spacial score (nSPS) is 27.3. The number of hydrogen-bond donors (Lipinski definition) is 4. The minimum absolute atomic E-state index is 0.0531. The number of hydrogen-bond acceptors (Lipinski definition) is 8. The summed E-state index contributed by atoms with van der Waals surface area (Å²) in [6.07, 6.45) is 2.81. The molecule has 3 heterocycles. The van der Waals surface area contributed by atoms with Gasteiger partial charge in [-0.05, 0) is 0 Å². The largest absolute Gasteiger partial charge is 0.394 e. The highest BCUT2D eigenvalue weighted by atomic mass is 16.6. The number of nitrogens with zero attached hydrogens (tertiary/aromatic N) is 3. The van der Waals surface area contributed by atoms with Gasteiger partial charge in [0.15, 0.2) is 17.4 Å². The molecule has 122 valence electrons. The maximum Gasteiger partial charge on any atom is 0.280 e. The van der Waals surface area contributed by atoms with Crippen LogP contribution in [0, 0.1) is 12.3 Å². The molecule has 10 heteroatoms. The molecule has 0 amide bonds. The number of rotatable bonds is 4. The summed E-state index contributed by atoms with van der Waals surface area (Å²) in [5, 5.41) is 19.5. The molecule has 1 aliphatic rings. The van der Waals surface area contributed by atoms with Crippen molar-refractivity contribution in [3.63, 3.8) is 0 Å². The summed E-state index contributed by atoms with van der Waals surface area (Å²) in [6, 6.07) is 0. The highest BCUT2D eigenvalue weighted by Gasteiger charge is 2.45. The van der Waals surface area contributed by atoms with Crippen LogP contribution >= 0.6 is 0 Å². The lowest BCUT2D eigenvalue weighted by molar-refractivity contribution is -0.0636. The van der Waals surface area contributed by atoms with Crippen LogP contribution in [0.2, 0.25) is 0 Å². The van der Waals surface area contributed by atoms with E-state index >= 15 is 0 Å². The van der Waals surface area contributed by atoms with E-state index in [0.717, 1.165) is 0 Å². The molecular weight excluding hydrogens is 306 g/mol. The SMILES string of the molecule is C#CCO[C@@H]1[C@H](O)[C@@H](CO)O[C@H]1n1cnc2c(=O)[nH]c(N)nc21. The molecule has 1 saturated heterocycles. The Morgan fingerprint density at radius 1 is 1.61 bits per heavy atom. The molecule has 1 aliphatic heterocycles. The molecule has 0 saturated carbocycles. The zero-order valence-electron chi connectivity index (χ0n) is 11.9. The number of aliphatic hydroxyl groups is 2. The first-order valence-corrected chi connectivity index (χ1v) is 6.78. The third-order valence-electron chi connectivity index (χ3n) is 3.58. The summed E-state index contributed by atoms with van der Waals surface area (Å²) in [7, 11) is 0. The maximum atomic E-state index is 11.8. The Hall–Kier alpha value is -2.45. The van der Waals surface area contributed by atoms with Gasteiger partial charge in [-0.1, -0.05) is 5.92 Å². The number of anilines is 1. The molecule has 0 spiro atoms. The Kier molecular flexibility index (Phi) is 4.01. The van der Waals surface area contributed by atoms with Crippen LogP contribution in [0.25, 0.3) is 11.2 Å². The molecule has 0 aromatic carbocycles. The monoisotopic (exact) mass is 321 g/mol. The molecule has 1 fully saturated rings. The van der Waals surface area contributed by atoms with Crippen molar-refractivity contribution in [3.05, 3.63) is 16.7 Å². The van der Waals surface area contributed by atoms with Gasteiger partial charge >= 0.3 is 0 Å². The van der Waals surface area contributed by atoms with E-state index in [1.165, 1.54) is 10.9 Å². The fourth-order valence-electron chi connectivity index (χ4n) is 2.55. The maximum absolute atomic E-state index is 11.8. The van der Waals surface area contributed by atoms with Crippen molar-refractivity contribution in [1.82, 2.24) is 19.5 Å². The van der Waals surface area contributed by atoms with E-state index in [2.05, 4.69) is 20.9 Å². The van der Waals surface area contributed by atoms with Crippen LogP contribution in [0.5, 0.6) is 0 Å². The number of aliphatic hydroxyl groups excluding tert-OH is 2. The number of ether oxygens (including phenoxy) is 2. The van der Waals surface area contributed by atoms with Crippen LogP contribution in [0.4, 0.5) is 5.95 Å². The van der Waals surface area contributed by atoms with E-state index in [-0.39, 0.29) is 23.7 Å². The van der Waals surface area contributed by atoms with E-state index in [0.29, 0.717) is 0 Å². The first-order chi connectivity index (χ1) is 11.1. The van der Waals surface area contributed by atoms with E-state index in [9.17, 15) is 15.0 Å². The summed E-state index contributed by atoms with van der Waals surface area (Å²) in [5.41, 5.74) is 5.30. The quantitative estimate of drug-likeness (QED) is 0.471. The van der Waals surface area contributed by atoms with Gasteiger partial charge in [0, 0.05) is 0 Å². The average molecular weight is 321 g/mol. The third-order valence-corrected chi connectivity index (χ3v) is 3.58. The van der Waals surface area contributed by atoms with Crippen molar-refractivity contribution in [2.45, 2.75) is 24.5 Å². The molecule has 0 bridgehead atoms.